The molecule has 0 aliphatic heterocycles. The summed E-state index contributed by atoms with van der Waals surface area (Å²) < 4.78 is 0. The number of carbonyl (C=O) groups is 1. The van der Waals surface area contributed by atoms with Crippen molar-refractivity contribution in [1.82, 2.24) is 9.88 Å². The van der Waals surface area contributed by atoms with E-state index in [2.05, 4.69) is 4.98 Å². The molecule has 1 amide bonds. The lowest BCUT2D eigenvalue weighted by molar-refractivity contribution is -0.383. The first-order valence-corrected chi connectivity index (χ1v) is 11.6. The van der Waals surface area contributed by atoms with E-state index in [-0.39, 0.29) is 29.7 Å². The van der Waals surface area contributed by atoms with Crippen LogP contribution >= 0.6 is 11.6 Å². The van der Waals surface area contributed by atoms with Crippen molar-refractivity contribution in [3.05, 3.63) is 86.9 Å². The average Bonchev–Trinajstić information content (AvgIpc) is 3.16. The summed E-state index contributed by atoms with van der Waals surface area (Å²) in [5.41, 5.74) is 8.35. The summed E-state index contributed by atoms with van der Waals surface area (Å²) in [6, 6.07) is 16.4. The fourth-order valence-corrected chi connectivity index (χ4v) is 4.08. The second kappa shape index (κ2) is 10.3. The molecule has 4 rings (SSSR count). The molecule has 0 aliphatic rings. The highest BCUT2D eigenvalue weighted by atomic mass is 35.5. The number of halogens is 1. The van der Waals surface area contributed by atoms with Crippen LogP contribution in [0.25, 0.3) is 10.9 Å². The van der Waals surface area contributed by atoms with E-state index in [0.29, 0.717) is 44.1 Å². The molecule has 4 N–H and O–H groups in total. The van der Waals surface area contributed by atoms with Gasteiger partial charge < -0.3 is 25.6 Å². The number of hydrogen-bond acceptors (Lipinski definition) is 7. The Labute approximate surface area is 217 Å². The van der Waals surface area contributed by atoms with E-state index in [1.807, 2.05) is 14.1 Å². The highest BCUT2D eigenvalue weighted by Gasteiger charge is 2.22. The van der Waals surface area contributed by atoms with Crippen LogP contribution in [0, 0.1) is 10.1 Å². The van der Waals surface area contributed by atoms with E-state index in [1.54, 1.807) is 65.4 Å². The van der Waals surface area contributed by atoms with Gasteiger partial charge in [-0.25, -0.2) is 4.99 Å². The number of aromatic nitrogens is 1. The van der Waals surface area contributed by atoms with E-state index in [1.165, 1.54) is 12.1 Å². The number of nitrogens with one attached hydrogen (secondary N) is 1. The number of carbonyl (C=O) groups excluding carboxylic acids is 1. The minimum absolute atomic E-state index is 0.0119. The average molecular weight is 521 g/mol. The standard InChI is InChI=1S/C26H25ClN6O4/c1-31(2)14-23(34)32(3)18-8-6-17(7-9-18)29-25(15-4-11-20(28)22(12-15)33(36)37)24-19-10-5-16(27)13-21(19)30-26(24)35/h4-13,30,35H,14,28H2,1-3H3. The molecule has 11 heteroatoms. The lowest BCUT2D eigenvalue weighted by Crippen LogP contribution is -2.34. The summed E-state index contributed by atoms with van der Waals surface area (Å²) in [5, 5.41) is 23.5. The van der Waals surface area contributed by atoms with E-state index < -0.39 is 4.92 Å². The van der Waals surface area contributed by atoms with Gasteiger partial charge >= 0.3 is 0 Å². The molecule has 0 radical (unpaired) electrons. The number of benzene rings is 3. The second-order valence-electron chi connectivity index (χ2n) is 8.74. The molecule has 0 unspecified atom stereocenters. The van der Waals surface area contributed by atoms with Gasteiger partial charge in [-0.2, -0.15) is 0 Å². The highest BCUT2D eigenvalue weighted by molar-refractivity contribution is 6.31. The van der Waals surface area contributed by atoms with Crippen molar-refractivity contribution in [1.29, 1.82) is 0 Å². The maximum absolute atomic E-state index is 12.4. The second-order valence-corrected chi connectivity index (χ2v) is 9.17. The number of amides is 1. The molecular weight excluding hydrogens is 496 g/mol. The van der Waals surface area contributed by atoms with E-state index in [9.17, 15) is 20.0 Å². The number of nitrogens with zero attached hydrogens (tertiary/aromatic N) is 4. The zero-order valence-electron chi connectivity index (χ0n) is 20.4. The number of H-pyrrole nitrogens is 1. The number of fused-ring (bicyclic) bond motifs is 1. The van der Waals surface area contributed by atoms with Crippen LogP contribution in [0.2, 0.25) is 5.02 Å². The molecule has 0 aliphatic carbocycles. The van der Waals surface area contributed by atoms with Crippen molar-refractivity contribution >= 4 is 56.9 Å². The first-order valence-electron chi connectivity index (χ1n) is 11.2. The fraction of sp³-hybridized carbons (Fsp3) is 0.154. The number of anilines is 2. The lowest BCUT2D eigenvalue weighted by Gasteiger charge is -2.19. The topological polar surface area (TPSA) is 141 Å². The van der Waals surface area contributed by atoms with Crippen molar-refractivity contribution in [3.8, 4) is 5.88 Å². The van der Waals surface area contributed by atoms with Crippen LogP contribution in [-0.2, 0) is 4.79 Å². The van der Waals surface area contributed by atoms with Crippen LogP contribution in [0.4, 0.5) is 22.7 Å². The number of rotatable bonds is 7. The highest BCUT2D eigenvalue weighted by Crippen LogP contribution is 2.34. The summed E-state index contributed by atoms with van der Waals surface area (Å²) in [6.07, 6.45) is 0. The van der Waals surface area contributed by atoms with Crippen LogP contribution in [0.3, 0.4) is 0 Å². The molecule has 1 aromatic heterocycles. The van der Waals surface area contributed by atoms with Crippen molar-refractivity contribution in [2.24, 2.45) is 4.99 Å². The number of nitrogen functional groups attached to an aromatic ring is 1. The Morgan fingerprint density at radius 3 is 2.46 bits per heavy atom. The molecule has 4 aromatic rings. The van der Waals surface area contributed by atoms with Gasteiger partial charge in [0.25, 0.3) is 5.69 Å². The quantitative estimate of drug-likeness (QED) is 0.139. The number of likely N-dealkylation sites (N-methyl/N-ethyl adjacent to an activating group) is 2. The Morgan fingerprint density at radius 2 is 1.81 bits per heavy atom. The molecule has 0 saturated carbocycles. The third-order valence-electron chi connectivity index (χ3n) is 5.78. The number of aromatic amines is 1. The molecule has 0 atom stereocenters. The third-order valence-corrected chi connectivity index (χ3v) is 6.02. The van der Waals surface area contributed by atoms with Gasteiger partial charge in [0.05, 0.1) is 33.9 Å². The summed E-state index contributed by atoms with van der Waals surface area (Å²) in [7, 11) is 5.33. The Bertz CT molecular complexity index is 1530. The molecule has 0 fully saturated rings. The molecule has 1 heterocycles. The fourth-order valence-electron chi connectivity index (χ4n) is 3.91. The summed E-state index contributed by atoms with van der Waals surface area (Å²) >= 11 is 6.12. The molecule has 37 heavy (non-hydrogen) atoms. The SMILES string of the molecule is CN(C)CC(=O)N(C)c1ccc(N=C(c2ccc(N)c([N+](=O)[O-])c2)c2c(O)[nH]c3cc(Cl)ccc23)cc1. The number of nitro benzene ring substituents is 1. The maximum Gasteiger partial charge on any atom is 0.292 e. The van der Waals surface area contributed by atoms with Crippen LogP contribution in [0.15, 0.2) is 65.7 Å². The van der Waals surface area contributed by atoms with Crippen molar-refractivity contribution in [2.75, 3.05) is 38.3 Å². The number of nitrogens with two attached hydrogens (primary N) is 1. The van der Waals surface area contributed by atoms with Crippen molar-refractivity contribution < 1.29 is 14.8 Å². The number of hydrogen-bond donors (Lipinski definition) is 3. The Hall–Kier alpha value is -4.41. The summed E-state index contributed by atoms with van der Waals surface area (Å²) in [5.74, 6) is -0.236. The third kappa shape index (κ3) is 5.40. The van der Waals surface area contributed by atoms with Gasteiger partial charge in [-0.15, -0.1) is 0 Å². The molecular formula is C26H25ClN6O4. The van der Waals surface area contributed by atoms with Gasteiger partial charge in [-0.3, -0.25) is 14.9 Å². The van der Waals surface area contributed by atoms with Crippen LogP contribution < -0.4 is 10.6 Å². The van der Waals surface area contributed by atoms with E-state index in [4.69, 9.17) is 22.3 Å². The molecule has 10 nitrogen and oxygen atoms in total. The molecule has 3 aromatic carbocycles. The van der Waals surface area contributed by atoms with Crippen molar-refractivity contribution in [3.63, 3.8) is 0 Å². The van der Waals surface area contributed by atoms with Gasteiger partial charge in [-0.05, 0) is 56.6 Å². The minimum atomic E-state index is -0.569. The van der Waals surface area contributed by atoms with Gasteiger partial charge in [0.15, 0.2) is 5.88 Å². The monoisotopic (exact) mass is 520 g/mol. The Morgan fingerprint density at radius 1 is 1.11 bits per heavy atom. The molecule has 0 saturated heterocycles. The van der Waals surface area contributed by atoms with Gasteiger partial charge in [0.1, 0.15) is 5.69 Å². The summed E-state index contributed by atoms with van der Waals surface area (Å²) in [4.78, 5) is 34.4. The van der Waals surface area contributed by atoms with Crippen LogP contribution in [-0.4, -0.2) is 59.2 Å². The van der Waals surface area contributed by atoms with Gasteiger partial charge in [0.2, 0.25) is 5.91 Å². The predicted octanol–water partition coefficient (Wildman–Crippen LogP) is 4.71. The Balaban J connectivity index is 1.85. The lowest BCUT2D eigenvalue weighted by atomic mass is 9.99. The molecule has 190 valence electrons. The van der Waals surface area contributed by atoms with Crippen LogP contribution in [0.1, 0.15) is 11.1 Å². The number of aliphatic imine (C=N–C) groups is 1. The smallest absolute Gasteiger partial charge is 0.292 e. The zero-order chi connectivity index (χ0) is 26.9. The van der Waals surface area contributed by atoms with Crippen LogP contribution in [0.5, 0.6) is 5.88 Å². The first-order chi connectivity index (χ1) is 17.5. The van der Waals surface area contributed by atoms with E-state index >= 15 is 0 Å². The normalized spacial score (nSPS) is 11.8. The first kappa shape index (κ1) is 25.7. The van der Waals surface area contributed by atoms with Crippen molar-refractivity contribution in [2.45, 2.75) is 0 Å². The maximum atomic E-state index is 12.4. The van der Waals surface area contributed by atoms with Gasteiger partial charge in [-0.1, -0.05) is 23.7 Å². The number of aromatic hydroxyl groups is 1. The van der Waals surface area contributed by atoms with E-state index in [0.717, 1.165) is 0 Å². The summed E-state index contributed by atoms with van der Waals surface area (Å²) in [6.45, 7) is 0.264. The van der Waals surface area contributed by atoms with Gasteiger partial charge in [0, 0.05) is 34.8 Å². The minimum Gasteiger partial charge on any atom is -0.494 e. The Kier molecular flexibility index (Phi) is 7.14. The molecule has 0 spiro atoms. The molecule has 0 bridgehead atoms. The number of nitro groups is 1. The predicted molar refractivity (Wildman–Crippen MR) is 146 cm³/mol. The largest absolute Gasteiger partial charge is 0.494 e. The zero-order valence-corrected chi connectivity index (χ0v) is 21.2.